The van der Waals surface area contributed by atoms with Crippen LogP contribution in [-0.2, 0) is 0 Å². The number of benzene rings is 1. The van der Waals surface area contributed by atoms with E-state index in [2.05, 4.69) is 0 Å². The van der Waals surface area contributed by atoms with Gasteiger partial charge in [0.1, 0.15) is 0 Å². The predicted molar refractivity (Wildman–Crippen MR) is 58.4 cm³/mol. The average Bonchev–Trinajstić information content (AvgIpc) is 2.73. The van der Waals surface area contributed by atoms with Gasteiger partial charge in [0, 0.05) is 6.61 Å². The molecule has 0 saturated carbocycles. The van der Waals surface area contributed by atoms with Crippen LogP contribution in [0, 0.1) is 5.92 Å². The van der Waals surface area contributed by atoms with Crippen LogP contribution < -0.4 is 9.47 Å². The first-order valence-corrected chi connectivity index (χ1v) is 5.49. The minimum Gasteiger partial charge on any atom is -0.451 e. The van der Waals surface area contributed by atoms with E-state index in [0.29, 0.717) is 12.8 Å². The van der Waals surface area contributed by atoms with Crippen LogP contribution in [0.3, 0.4) is 0 Å². The van der Waals surface area contributed by atoms with Gasteiger partial charge in [-0.25, -0.2) is 0 Å². The third-order valence-corrected chi connectivity index (χ3v) is 2.69. The van der Waals surface area contributed by atoms with Gasteiger partial charge >= 0.3 is 0 Å². The number of hydrogen-bond acceptors (Lipinski definition) is 4. The minimum atomic E-state index is -0.436. The van der Waals surface area contributed by atoms with Crippen LogP contribution in [0.25, 0.3) is 0 Å². The van der Waals surface area contributed by atoms with Crippen LogP contribution in [0.2, 0.25) is 0 Å². The monoisotopic (exact) mass is 224 g/mol. The van der Waals surface area contributed by atoms with Gasteiger partial charge in [-0.3, -0.25) is 0 Å². The Kier molecular flexibility index (Phi) is 3.64. The van der Waals surface area contributed by atoms with Gasteiger partial charge in [-0.1, -0.05) is 12.1 Å². The van der Waals surface area contributed by atoms with Gasteiger partial charge in [-0.05, 0) is 25.0 Å². The van der Waals surface area contributed by atoms with Crippen molar-refractivity contribution in [3.05, 3.63) is 24.3 Å². The summed E-state index contributed by atoms with van der Waals surface area (Å²) in [6.07, 6.45) is 0.894. The Bertz CT molecular complexity index is 315. The highest BCUT2D eigenvalue weighted by Gasteiger charge is 2.30. The van der Waals surface area contributed by atoms with E-state index < -0.39 is 6.29 Å². The van der Waals surface area contributed by atoms with Gasteiger partial charge in [0.25, 0.3) is 0 Å². The second-order valence-electron chi connectivity index (χ2n) is 3.86. The molecule has 0 aliphatic carbocycles. The molecule has 2 rings (SSSR count). The van der Waals surface area contributed by atoms with Crippen LogP contribution >= 0.6 is 0 Å². The third-order valence-electron chi connectivity index (χ3n) is 2.69. The molecule has 0 spiro atoms. The number of hydrogen-bond donors (Lipinski definition) is 2. The smallest absolute Gasteiger partial charge is 0.246 e. The Morgan fingerprint density at radius 1 is 1.12 bits per heavy atom. The van der Waals surface area contributed by atoms with E-state index in [0.717, 1.165) is 11.5 Å². The fourth-order valence-electron chi connectivity index (χ4n) is 1.78. The highest BCUT2D eigenvalue weighted by Crippen LogP contribution is 2.36. The largest absolute Gasteiger partial charge is 0.451 e. The van der Waals surface area contributed by atoms with Gasteiger partial charge in [-0.15, -0.1) is 0 Å². The quantitative estimate of drug-likeness (QED) is 0.788. The highest BCUT2D eigenvalue weighted by molar-refractivity contribution is 5.41. The fraction of sp³-hybridized carbons (Fsp3) is 0.500. The van der Waals surface area contributed by atoms with E-state index >= 15 is 0 Å². The second kappa shape index (κ2) is 5.18. The van der Waals surface area contributed by atoms with E-state index in [1.807, 2.05) is 24.3 Å². The molecule has 1 atom stereocenters. The maximum absolute atomic E-state index is 9.25. The lowest BCUT2D eigenvalue weighted by Crippen LogP contribution is -2.31. The summed E-state index contributed by atoms with van der Waals surface area (Å²) in [5.74, 6) is 1.34. The molecule has 0 unspecified atom stereocenters. The summed E-state index contributed by atoms with van der Waals surface area (Å²) in [6.45, 7) is 0.120. The molecule has 2 N–H and O–H groups in total. The predicted octanol–water partition coefficient (Wildman–Crippen LogP) is 1.16. The van der Waals surface area contributed by atoms with Gasteiger partial charge in [-0.2, -0.15) is 0 Å². The zero-order chi connectivity index (χ0) is 11.4. The normalized spacial score (nSPS) is 16.4. The van der Waals surface area contributed by atoms with Crippen LogP contribution in [0.15, 0.2) is 24.3 Å². The number of ether oxygens (including phenoxy) is 2. The van der Waals surface area contributed by atoms with Crippen molar-refractivity contribution >= 4 is 0 Å². The van der Waals surface area contributed by atoms with E-state index in [-0.39, 0.29) is 19.1 Å². The Balaban J connectivity index is 1.98. The lowest BCUT2D eigenvalue weighted by molar-refractivity contribution is -0.0296. The fourth-order valence-corrected chi connectivity index (χ4v) is 1.78. The molecular weight excluding hydrogens is 208 g/mol. The summed E-state index contributed by atoms with van der Waals surface area (Å²) in [5.41, 5.74) is 0. The SMILES string of the molecule is OCCC[C@H](CO)C1Oc2ccccc2O1. The number of rotatable bonds is 5. The highest BCUT2D eigenvalue weighted by atomic mass is 16.7. The van der Waals surface area contributed by atoms with Gasteiger partial charge < -0.3 is 19.7 Å². The Labute approximate surface area is 94.4 Å². The Morgan fingerprint density at radius 2 is 1.75 bits per heavy atom. The molecule has 0 saturated heterocycles. The molecule has 1 aromatic carbocycles. The Morgan fingerprint density at radius 3 is 2.25 bits per heavy atom. The van der Waals surface area contributed by atoms with Crippen LogP contribution in [-0.4, -0.2) is 29.7 Å². The van der Waals surface area contributed by atoms with Crippen molar-refractivity contribution in [1.82, 2.24) is 0 Å². The minimum absolute atomic E-state index is 0.00133. The van der Waals surface area contributed by atoms with Gasteiger partial charge in [0.15, 0.2) is 11.5 Å². The maximum Gasteiger partial charge on any atom is 0.246 e. The van der Waals surface area contributed by atoms with Crippen molar-refractivity contribution in [2.45, 2.75) is 19.1 Å². The summed E-state index contributed by atoms with van der Waals surface area (Å²) in [7, 11) is 0. The molecule has 1 heterocycles. The summed E-state index contributed by atoms with van der Waals surface area (Å²) < 4.78 is 11.2. The summed E-state index contributed by atoms with van der Waals surface area (Å²) in [5, 5.41) is 18.0. The summed E-state index contributed by atoms with van der Waals surface area (Å²) in [4.78, 5) is 0. The zero-order valence-corrected chi connectivity index (χ0v) is 9.00. The molecule has 0 radical (unpaired) electrons. The first kappa shape index (κ1) is 11.2. The van der Waals surface area contributed by atoms with Gasteiger partial charge in [0.05, 0.1) is 12.5 Å². The summed E-state index contributed by atoms with van der Waals surface area (Å²) >= 11 is 0. The molecule has 1 aromatic rings. The molecule has 4 nitrogen and oxygen atoms in total. The molecule has 16 heavy (non-hydrogen) atoms. The molecule has 0 aromatic heterocycles. The lowest BCUT2D eigenvalue weighted by Gasteiger charge is -2.19. The second-order valence-corrected chi connectivity index (χ2v) is 3.86. The third kappa shape index (κ3) is 2.28. The van der Waals surface area contributed by atoms with E-state index in [9.17, 15) is 5.11 Å². The summed E-state index contributed by atoms with van der Waals surface area (Å²) in [6, 6.07) is 7.45. The number of aliphatic hydroxyl groups excluding tert-OH is 2. The van der Waals surface area contributed by atoms with Crippen LogP contribution in [0.4, 0.5) is 0 Å². The van der Waals surface area contributed by atoms with Crippen molar-refractivity contribution in [3.8, 4) is 11.5 Å². The topological polar surface area (TPSA) is 58.9 Å². The number of fused-ring (bicyclic) bond motifs is 1. The molecule has 88 valence electrons. The van der Waals surface area contributed by atoms with E-state index in [4.69, 9.17) is 14.6 Å². The average molecular weight is 224 g/mol. The molecular formula is C12H16O4. The lowest BCUT2D eigenvalue weighted by atomic mass is 10.0. The zero-order valence-electron chi connectivity index (χ0n) is 9.00. The molecule has 0 fully saturated rings. The molecule has 0 bridgehead atoms. The van der Waals surface area contributed by atoms with Crippen molar-refractivity contribution in [1.29, 1.82) is 0 Å². The maximum atomic E-state index is 9.25. The van der Waals surface area contributed by atoms with E-state index in [1.165, 1.54) is 0 Å². The van der Waals surface area contributed by atoms with Gasteiger partial charge in [0.2, 0.25) is 6.29 Å². The number of para-hydroxylation sites is 2. The van der Waals surface area contributed by atoms with Crippen molar-refractivity contribution in [3.63, 3.8) is 0 Å². The van der Waals surface area contributed by atoms with Crippen molar-refractivity contribution < 1.29 is 19.7 Å². The molecule has 1 aliphatic heterocycles. The molecule has 1 aliphatic rings. The van der Waals surface area contributed by atoms with Crippen LogP contribution in [0.5, 0.6) is 11.5 Å². The standard InChI is InChI=1S/C12H16O4/c13-7-3-4-9(8-14)12-15-10-5-1-2-6-11(10)16-12/h1-2,5-6,9,12-14H,3-4,7-8H2/t9-/m1/s1. The molecule has 0 amide bonds. The number of aliphatic hydroxyl groups is 2. The molecule has 4 heteroatoms. The first-order chi connectivity index (χ1) is 7.85. The van der Waals surface area contributed by atoms with E-state index in [1.54, 1.807) is 0 Å². The van der Waals surface area contributed by atoms with Crippen LogP contribution in [0.1, 0.15) is 12.8 Å². The Hall–Kier alpha value is -1.26. The first-order valence-electron chi connectivity index (χ1n) is 5.49. The van der Waals surface area contributed by atoms with Crippen molar-refractivity contribution in [2.24, 2.45) is 5.92 Å². The van der Waals surface area contributed by atoms with Crippen molar-refractivity contribution in [2.75, 3.05) is 13.2 Å².